The molecule has 0 aliphatic heterocycles. The standard InChI is InChI=1S/C24H23N3O2S/c1-29-19-11-9-17(10-12-19)22-14-27-18(15-30-24(27)26-22)13-23(28)25-21-8-4-6-16-5-2-3-7-20(16)21/h2-3,5,7,9-12,14-15,21H,4,6,8,13H2,1H3,(H,25,28). The average Bonchev–Trinajstić information content (AvgIpc) is 3.36. The molecule has 5 rings (SSSR count). The van der Waals surface area contributed by atoms with Gasteiger partial charge in [-0.3, -0.25) is 9.20 Å². The van der Waals surface area contributed by atoms with Gasteiger partial charge in [0.15, 0.2) is 4.96 Å². The summed E-state index contributed by atoms with van der Waals surface area (Å²) in [4.78, 5) is 18.4. The van der Waals surface area contributed by atoms with Gasteiger partial charge < -0.3 is 10.1 Å². The van der Waals surface area contributed by atoms with Crippen molar-refractivity contribution in [2.24, 2.45) is 0 Å². The molecule has 30 heavy (non-hydrogen) atoms. The number of benzene rings is 2. The summed E-state index contributed by atoms with van der Waals surface area (Å²) in [5.41, 5.74) is 5.50. The van der Waals surface area contributed by atoms with Gasteiger partial charge in [0, 0.05) is 22.8 Å². The van der Waals surface area contributed by atoms with Gasteiger partial charge in [-0.05, 0) is 54.7 Å². The highest BCUT2D eigenvalue weighted by Gasteiger charge is 2.22. The van der Waals surface area contributed by atoms with E-state index in [4.69, 9.17) is 9.72 Å². The number of nitrogens with one attached hydrogen (secondary N) is 1. The molecule has 2 aromatic carbocycles. The van der Waals surface area contributed by atoms with E-state index in [1.165, 1.54) is 11.1 Å². The fourth-order valence-electron chi connectivity index (χ4n) is 4.17. The van der Waals surface area contributed by atoms with Gasteiger partial charge in [0.1, 0.15) is 5.75 Å². The van der Waals surface area contributed by atoms with Crippen LogP contribution >= 0.6 is 11.3 Å². The monoisotopic (exact) mass is 417 g/mol. The molecular weight excluding hydrogens is 394 g/mol. The smallest absolute Gasteiger partial charge is 0.226 e. The van der Waals surface area contributed by atoms with E-state index in [0.717, 1.165) is 46.9 Å². The Morgan fingerprint density at radius 3 is 2.90 bits per heavy atom. The summed E-state index contributed by atoms with van der Waals surface area (Å²) < 4.78 is 7.25. The Balaban J connectivity index is 1.33. The maximum absolute atomic E-state index is 12.8. The van der Waals surface area contributed by atoms with Gasteiger partial charge in [0.25, 0.3) is 0 Å². The third-order valence-corrected chi connectivity index (χ3v) is 6.60. The predicted molar refractivity (Wildman–Crippen MR) is 119 cm³/mol. The third-order valence-electron chi connectivity index (χ3n) is 5.72. The Bertz CT molecular complexity index is 1190. The number of carbonyl (C=O) groups is 1. The molecule has 2 aromatic heterocycles. The largest absolute Gasteiger partial charge is 0.497 e. The molecule has 1 amide bonds. The van der Waals surface area contributed by atoms with Crippen molar-refractivity contribution in [2.45, 2.75) is 31.7 Å². The lowest BCUT2D eigenvalue weighted by molar-refractivity contribution is -0.121. The van der Waals surface area contributed by atoms with Crippen molar-refractivity contribution in [1.29, 1.82) is 0 Å². The quantitative estimate of drug-likeness (QED) is 0.507. The summed E-state index contributed by atoms with van der Waals surface area (Å²) in [6.45, 7) is 0. The second-order valence-corrected chi connectivity index (χ2v) is 8.46. The van der Waals surface area contributed by atoms with Gasteiger partial charge in [0.2, 0.25) is 5.91 Å². The molecule has 6 heteroatoms. The Kier molecular flexibility index (Phi) is 5.01. The van der Waals surface area contributed by atoms with Gasteiger partial charge in [0.05, 0.1) is 25.3 Å². The number of amides is 1. The van der Waals surface area contributed by atoms with Crippen LogP contribution in [0.5, 0.6) is 5.75 Å². The molecule has 5 nitrogen and oxygen atoms in total. The Morgan fingerprint density at radius 2 is 2.07 bits per heavy atom. The lowest BCUT2D eigenvalue weighted by Gasteiger charge is -2.26. The minimum Gasteiger partial charge on any atom is -0.497 e. The highest BCUT2D eigenvalue weighted by Crippen LogP contribution is 2.30. The van der Waals surface area contributed by atoms with Crippen molar-refractivity contribution in [2.75, 3.05) is 7.11 Å². The van der Waals surface area contributed by atoms with E-state index in [1.807, 2.05) is 40.2 Å². The molecule has 0 saturated heterocycles. The molecule has 1 aliphatic carbocycles. The normalized spacial score (nSPS) is 15.7. The number of aromatic nitrogens is 2. The minimum atomic E-state index is 0.0519. The predicted octanol–water partition coefficient (Wildman–Crippen LogP) is 4.81. The first kappa shape index (κ1) is 18.9. The molecule has 1 unspecified atom stereocenters. The number of hydrogen-bond acceptors (Lipinski definition) is 4. The Morgan fingerprint density at radius 1 is 1.23 bits per heavy atom. The highest BCUT2D eigenvalue weighted by atomic mass is 32.1. The molecule has 1 aliphatic rings. The number of imidazole rings is 1. The van der Waals surface area contributed by atoms with E-state index in [0.29, 0.717) is 6.42 Å². The first-order valence-electron chi connectivity index (χ1n) is 10.2. The highest BCUT2D eigenvalue weighted by molar-refractivity contribution is 7.15. The number of thiazole rings is 1. The van der Waals surface area contributed by atoms with Crippen LogP contribution in [0.2, 0.25) is 0 Å². The van der Waals surface area contributed by atoms with E-state index in [1.54, 1.807) is 18.4 Å². The lowest BCUT2D eigenvalue weighted by atomic mass is 9.87. The van der Waals surface area contributed by atoms with Crippen molar-refractivity contribution in [3.8, 4) is 17.0 Å². The van der Waals surface area contributed by atoms with E-state index >= 15 is 0 Å². The number of nitrogens with zero attached hydrogens (tertiary/aromatic N) is 2. The number of hydrogen-bond donors (Lipinski definition) is 1. The summed E-state index contributed by atoms with van der Waals surface area (Å²) in [6, 6.07) is 16.4. The third kappa shape index (κ3) is 3.59. The number of aryl methyl sites for hydroxylation is 1. The lowest BCUT2D eigenvalue weighted by Crippen LogP contribution is -2.32. The van der Waals surface area contributed by atoms with Crippen LogP contribution in [0.25, 0.3) is 16.2 Å². The van der Waals surface area contributed by atoms with Gasteiger partial charge in [-0.25, -0.2) is 4.98 Å². The van der Waals surface area contributed by atoms with Crippen LogP contribution in [0.4, 0.5) is 0 Å². The zero-order valence-electron chi connectivity index (χ0n) is 16.8. The fourth-order valence-corrected chi connectivity index (χ4v) is 5.04. The molecule has 0 bridgehead atoms. The van der Waals surface area contributed by atoms with Crippen LogP contribution in [0, 0.1) is 0 Å². The molecule has 2 heterocycles. The molecule has 4 aromatic rings. The van der Waals surface area contributed by atoms with Crippen molar-refractivity contribution in [1.82, 2.24) is 14.7 Å². The Hall–Kier alpha value is -3.12. The summed E-state index contributed by atoms with van der Waals surface area (Å²) >= 11 is 1.56. The maximum atomic E-state index is 12.8. The molecular formula is C24H23N3O2S. The molecule has 0 radical (unpaired) electrons. The summed E-state index contributed by atoms with van der Waals surface area (Å²) in [6.07, 6.45) is 5.55. The molecule has 0 spiro atoms. The van der Waals surface area contributed by atoms with E-state index < -0.39 is 0 Å². The van der Waals surface area contributed by atoms with Crippen LogP contribution in [0.1, 0.15) is 35.7 Å². The number of rotatable bonds is 5. The molecule has 0 saturated carbocycles. The first-order valence-corrected chi connectivity index (χ1v) is 11.1. The minimum absolute atomic E-state index is 0.0519. The van der Waals surface area contributed by atoms with Crippen LogP contribution in [-0.4, -0.2) is 22.4 Å². The summed E-state index contributed by atoms with van der Waals surface area (Å²) in [7, 11) is 1.66. The van der Waals surface area contributed by atoms with Crippen molar-refractivity contribution >= 4 is 22.2 Å². The molecule has 0 fully saturated rings. The topological polar surface area (TPSA) is 55.6 Å². The van der Waals surface area contributed by atoms with Crippen molar-refractivity contribution < 1.29 is 9.53 Å². The second kappa shape index (κ2) is 7.95. The molecule has 152 valence electrons. The second-order valence-electron chi connectivity index (χ2n) is 7.62. The average molecular weight is 418 g/mol. The summed E-state index contributed by atoms with van der Waals surface area (Å²) in [5.74, 6) is 0.873. The summed E-state index contributed by atoms with van der Waals surface area (Å²) in [5, 5.41) is 5.27. The fraction of sp³-hybridized carbons (Fsp3) is 0.250. The number of fused-ring (bicyclic) bond motifs is 2. The first-order chi connectivity index (χ1) is 14.7. The van der Waals surface area contributed by atoms with Crippen molar-refractivity contribution in [3.63, 3.8) is 0 Å². The molecule has 1 N–H and O–H groups in total. The van der Waals surface area contributed by atoms with Crippen LogP contribution in [0.3, 0.4) is 0 Å². The van der Waals surface area contributed by atoms with E-state index in [-0.39, 0.29) is 11.9 Å². The van der Waals surface area contributed by atoms with Gasteiger partial charge >= 0.3 is 0 Å². The number of carbonyl (C=O) groups excluding carboxylic acids is 1. The Labute approximate surface area is 179 Å². The van der Waals surface area contributed by atoms with Crippen molar-refractivity contribution in [3.05, 3.63) is 76.9 Å². The van der Waals surface area contributed by atoms with Gasteiger partial charge in [-0.1, -0.05) is 24.3 Å². The van der Waals surface area contributed by atoms with Gasteiger partial charge in [-0.2, -0.15) is 0 Å². The van der Waals surface area contributed by atoms with E-state index in [2.05, 4.69) is 29.6 Å². The zero-order valence-corrected chi connectivity index (χ0v) is 17.6. The van der Waals surface area contributed by atoms with Gasteiger partial charge in [-0.15, -0.1) is 11.3 Å². The SMILES string of the molecule is COc1ccc(-c2cn3c(CC(=O)NC4CCCc5ccccc54)csc3n2)cc1. The maximum Gasteiger partial charge on any atom is 0.226 e. The van der Waals surface area contributed by atoms with E-state index in [9.17, 15) is 4.79 Å². The van der Waals surface area contributed by atoms with Crippen LogP contribution in [0.15, 0.2) is 60.1 Å². The number of methoxy groups -OCH3 is 1. The molecule has 1 atom stereocenters. The number of ether oxygens (including phenoxy) is 1. The van der Waals surface area contributed by atoms with Crippen LogP contribution in [-0.2, 0) is 17.6 Å². The zero-order chi connectivity index (χ0) is 20.5. The van der Waals surface area contributed by atoms with Crippen LogP contribution < -0.4 is 10.1 Å².